The predicted molar refractivity (Wildman–Crippen MR) is 74.4 cm³/mol. The Kier molecular flexibility index (Phi) is 6.07. The molecule has 0 aliphatic rings. The summed E-state index contributed by atoms with van der Waals surface area (Å²) in [5.74, 6) is 0.409. The van der Waals surface area contributed by atoms with Crippen molar-refractivity contribution in [1.29, 1.82) is 0 Å². The first-order valence-corrected chi connectivity index (χ1v) is 7.71. The number of hydrogen-bond donors (Lipinski definition) is 3. The van der Waals surface area contributed by atoms with Gasteiger partial charge in [-0.05, 0) is 30.7 Å². The SMILES string of the molecule is CCC(CO)NS(=O)(=O)CCOc1ccc(N)cc1. The summed E-state index contributed by atoms with van der Waals surface area (Å²) in [6, 6.07) is 6.28. The zero-order valence-electron chi connectivity index (χ0n) is 10.9. The average Bonchev–Trinajstić information content (AvgIpc) is 2.38. The third-order valence-electron chi connectivity index (χ3n) is 2.56. The summed E-state index contributed by atoms with van der Waals surface area (Å²) in [7, 11) is -3.44. The van der Waals surface area contributed by atoms with Crippen molar-refractivity contribution in [1.82, 2.24) is 4.72 Å². The third-order valence-corrected chi connectivity index (χ3v) is 3.96. The van der Waals surface area contributed by atoms with Gasteiger partial charge in [0.1, 0.15) is 12.4 Å². The number of aliphatic hydroxyl groups is 1. The maximum Gasteiger partial charge on any atom is 0.215 e. The quantitative estimate of drug-likeness (QED) is 0.599. The second kappa shape index (κ2) is 7.32. The number of rotatable bonds is 8. The minimum atomic E-state index is -3.44. The maximum atomic E-state index is 11.7. The first-order chi connectivity index (χ1) is 8.96. The molecule has 4 N–H and O–H groups in total. The molecule has 6 nitrogen and oxygen atoms in total. The zero-order valence-corrected chi connectivity index (χ0v) is 11.7. The van der Waals surface area contributed by atoms with Crippen LogP contribution in [-0.2, 0) is 10.0 Å². The minimum absolute atomic E-state index is 0.0428. The second-order valence-electron chi connectivity index (χ2n) is 4.14. The Morgan fingerprint density at radius 1 is 1.37 bits per heavy atom. The molecule has 1 unspecified atom stereocenters. The molecule has 0 amide bonds. The Labute approximate surface area is 113 Å². The Morgan fingerprint density at radius 3 is 2.53 bits per heavy atom. The van der Waals surface area contributed by atoms with E-state index >= 15 is 0 Å². The molecule has 19 heavy (non-hydrogen) atoms. The van der Waals surface area contributed by atoms with Gasteiger partial charge in [-0.2, -0.15) is 0 Å². The van der Waals surface area contributed by atoms with Gasteiger partial charge in [-0.3, -0.25) is 0 Å². The topological polar surface area (TPSA) is 102 Å². The van der Waals surface area contributed by atoms with Crippen molar-refractivity contribution in [3.05, 3.63) is 24.3 Å². The van der Waals surface area contributed by atoms with Gasteiger partial charge in [-0.15, -0.1) is 0 Å². The number of anilines is 1. The molecule has 0 radical (unpaired) electrons. The summed E-state index contributed by atoms with van der Waals surface area (Å²) in [4.78, 5) is 0. The first-order valence-electron chi connectivity index (χ1n) is 6.06. The molecule has 0 aromatic heterocycles. The molecule has 108 valence electrons. The van der Waals surface area contributed by atoms with E-state index in [0.29, 0.717) is 17.9 Å². The van der Waals surface area contributed by atoms with Crippen LogP contribution in [0.4, 0.5) is 5.69 Å². The lowest BCUT2D eigenvalue weighted by Gasteiger charge is -2.14. The molecule has 0 heterocycles. The Bertz CT molecular complexity index is 469. The molecule has 0 saturated heterocycles. The second-order valence-corrected chi connectivity index (χ2v) is 6.02. The summed E-state index contributed by atoms with van der Waals surface area (Å²) in [6.07, 6.45) is 0.536. The van der Waals surface area contributed by atoms with E-state index in [4.69, 9.17) is 15.6 Å². The van der Waals surface area contributed by atoms with Crippen molar-refractivity contribution in [3.63, 3.8) is 0 Å². The molecule has 0 saturated carbocycles. The average molecular weight is 288 g/mol. The van der Waals surface area contributed by atoms with E-state index in [1.807, 2.05) is 0 Å². The molecule has 1 atom stereocenters. The summed E-state index contributed by atoms with van der Waals surface area (Å²) in [6.45, 7) is 1.63. The van der Waals surface area contributed by atoms with Gasteiger partial charge in [0.25, 0.3) is 0 Å². The van der Waals surface area contributed by atoms with Crippen molar-refractivity contribution in [2.75, 3.05) is 24.7 Å². The van der Waals surface area contributed by atoms with Crippen LogP contribution in [0.15, 0.2) is 24.3 Å². The summed E-state index contributed by atoms with van der Waals surface area (Å²) in [5.41, 5.74) is 6.15. The third kappa shape index (κ3) is 5.91. The normalized spacial score (nSPS) is 13.2. The maximum absolute atomic E-state index is 11.7. The molecule has 0 spiro atoms. The van der Waals surface area contributed by atoms with E-state index in [1.165, 1.54) is 0 Å². The molecule has 0 aliphatic carbocycles. The smallest absolute Gasteiger partial charge is 0.215 e. The summed E-state index contributed by atoms with van der Waals surface area (Å²) in [5, 5.41) is 8.95. The Morgan fingerprint density at radius 2 is 2.00 bits per heavy atom. The lowest BCUT2D eigenvalue weighted by molar-refractivity contribution is 0.253. The molecule has 1 aromatic carbocycles. The van der Waals surface area contributed by atoms with E-state index in [9.17, 15) is 8.42 Å². The van der Waals surface area contributed by atoms with Gasteiger partial charge in [-0.1, -0.05) is 6.92 Å². The highest BCUT2D eigenvalue weighted by Crippen LogP contribution is 2.12. The van der Waals surface area contributed by atoms with E-state index in [-0.39, 0.29) is 19.0 Å². The van der Waals surface area contributed by atoms with Gasteiger partial charge in [0.2, 0.25) is 10.0 Å². The van der Waals surface area contributed by atoms with Gasteiger partial charge in [0, 0.05) is 11.7 Å². The molecular formula is C12H20N2O4S. The molecule has 7 heteroatoms. The minimum Gasteiger partial charge on any atom is -0.492 e. The first kappa shape index (κ1) is 15.7. The predicted octanol–water partition coefficient (Wildman–Crippen LogP) is 0.338. The fourth-order valence-electron chi connectivity index (χ4n) is 1.40. The number of nitrogens with two attached hydrogens (primary N) is 1. The number of aliphatic hydroxyl groups excluding tert-OH is 1. The number of sulfonamides is 1. The largest absolute Gasteiger partial charge is 0.492 e. The summed E-state index contributed by atoms with van der Waals surface area (Å²) >= 11 is 0. The van der Waals surface area contributed by atoms with Gasteiger partial charge in [0.05, 0.1) is 12.4 Å². The van der Waals surface area contributed by atoms with Gasteiger partial charge in [0.15, 0.2) is 0 Å². The van der Waals surface area contributed by atoms with Crippen molar-refractivity contribution in [2.24, 2.45) is 0 Å². The van der Waals surface area contributed by atoms with Crippen LogP contribution in [0.25, 0.3) is 0 Å². The van der Waals surface area contributed by atoms with Crippen molar-refractivity contribution >= 4 is 15.7 Å². The number of ether oxygens (including phenoxy) is 1. The molecule has 0 bridgehead atoms. The van der Waals surface area contributed by atoms with Gasteiger partial charge >= 0.3 is 0 Å². The number of benzene rings is 1. The molecular weight excluding hydrogens is 268 g/mol. The van der Waals surface area contributed by atoms with Gasteiger partial charge < -0.3 is 15.6 Å². The van der Waals surface area contributed by atoms with E-state index in [0.717, 1.165) is 0 Å². The monoisotopic (exact) mass is 288 g/mol. The number of hydrogen-bond acceptors (Lipinski definition) is 5. The van der Waals surface area contributed by atoms with Crippen molar-refractivity contribution < 1.29 is 18.3 Å². The van der Waals surface area contributed by atoms with Gasteiger partial charge in [-0.25, -0.2) is 13.1 Å². The number of nitrogens with one attached hydrogen (secondary N) is 1. The van der Waals surface area contributed by atoms with Crippen LogP contribution in [0.2, 0.25) is 0 Å². The van der Waals surface area contributed by atoms with Crippen LogP contribution < -0.4 is 15.2 Å². The highest BCUT2D eigenvalue weighted by atomic mass is 32.2. The lowest BCUT2D eigenvalue weighted by atomic mass is 10.3. The molecule has 1 aromatic rings. The zero-order chi connectivity index (χ0) is 14.3. The van der Waals surface area contributed by atoms with Crippen molar-refractivity contribution in [3.8, 4) is 5.75 Å². The van der Waals surface area contributed by atoms with Crippen LogP contribution >= 0.6 is 0 Å². The molecule has 0 aliphatic heterocycles. The standard InChI is InChI=1S/C12H20N2O4S/c1-2-11(9-15)14-19(16,17)8-7-18-12-5-3-10(13)4-6-12/h3-6,11,14-15H,2,7-9,13H2,1H3. The van der Waals surface area contributed by atoms with Crippen LogP contribution in [0.3, 0.4) is 0 Å². The van der Waals surface area contributed by atoms with Crippen LogP contribution in [0, 0.1) is 0 Å². The van der Waals surface area contributed by atoms with E-state index < -0.39 is 16.1 Å². The van der Waals surface area contributed by atoms with E-state index in [1.54, 1.807) is 31.2 Å². The highest BCUT2D eigenvalue weighted by Gasteiger charge is 2.15. The van der Waals surface area contributed by atoms with Crippen LogP contribution in [0.1, 0.15) is 13.3 Å². The van der Waals surface area contributed by atoms with Crippen molar-refractivity contribution in [2.45, 2.75) is 19.4 Å². The van der Waals surface area contributed by atoms with E-state index in [2.05, 4.69) is 4.72 Å². The Balaban J connectivity index is 2.41. The molecule has 1 rings (SSSR count). The molecule has 0 fully saturated rings. The van der Waals surface area contributed by atoms with Crippen LogP contribution in [-0.4, -0.2) is 38.5 Å². The fraction of sp³-hybridized carbons (Fsp3) is 0.500. The fourth-order valence-corrected chi connectivity index (χ4v) is 2.57. The summed E-state index contributed by atoms with van der Waals surface area (Å²) < 4.78 is 31.1. The highest BCUT2D eigenvalue weighted by molar-refractivity contribution is 7.89. The lowest BCUT2D eigenvalue weighted by Crippen LogP contribution is -2.39. The van der Waals surface area contributed by atoms with Crippen LogP contribution in [0.5, 0.6) is 5.75 Å². The Hall–Kier alpha value is -1.31. The number of nitrogen functional groups attached to an aromatic ring is 1.